The highest BCUT2D eigenvalue weighted by molar-refractivity contribution is 6.30. The number of ether oxygens (including phenoxy) is 2. The van der Waals surface area contributed by atoms with Crippen LogP contribution in [-0.2, 0) is 11.3 Å². The van der Waals surface area contributed by atoms with Gasteiger partial charge in [0.2, 0.25) is 5.91 Å². The summed E-state index contributed by atoms with van der Waals surface area (Å²) in [7, 11) is 1.60. The lowest BCUT2D eigenvalue weighted by Gasteiger charge is -2.14. The van der Waals surface area contributed by atoms with Crippen LogP contribution in [0.15, 0.2) is 42.7 Å². The van der Waals surface area contributed by atoms with Gasteiger partial charge in [-0.2, -0.15) is 0 Å². The van der Waals surface area contributed by atoms with Crippen molar-refractivity contribution in [2.24, 2.45) is 0 Å². The first-order valence-electron chi connectivity index (χ1n) is 10.5. The zero-order chi connectivity index (χ0) is 22.8. The molecule has 0 radical (unpaired) electrons. The number of carbonyl (C=O) groups is 1. The van der Waals surface area contributed by atoms with E-state index in [2.05, 4.69) is 15.3 Å². The molecule has 1 heterocycles. The third-order valence-corrected chi connectivity index (χ3v) is 5.23. The number of benzene rings is 2. The number of aromatic nitrogens is 2. The molecule has 0 aliphatic carbocycles. The Labute approximate surface area is 191 Å². The third-order valence-electron chi connectivity index (χ3n) is 4.97. The molecule has 2 aromatic carbocycles. The molecular weight excluding hydrogens is 432 g/mol. The van der Waals surface area contributed by atoms with E-state index in [0.717, 1.165) is 42.1 Å². The number of nitrogens with one attached hydrogen (secondary N) is 2. The summed E-state index contributed by atoms with van der Waals surface area (Å²) in [6, 6.07) is 11.4. The summed E-state index contributed by atoms with van der Waals surface area (Å²) in [4.78, 5) is 19.8. The van der Waals surface area contributed by atoms with Gasteiger partial charge in [-0.1, -0.05) is 36.6 Å². The summed E-state index contributed by atoms with van der Waals surface area (Å²) in [6.07, 6.45) is 5.22. The van der Waals surface area contributed by atoms with Crippen LogP contribution in [0.4, 0.5) is 5.82 Å². The Balaban J connectivity index is 1.62. The molecule has 0 unspecified atom stereocenters. The second kappa shape index (κ2) is 12.1. The minimum Gasteiger partial charge on any atom is -0.493 e. The maximum absolute atomic E-state index is 11.0. The highest BCUT2D eigenvalue weighted by Crippen LogP contribution is 2.34. The smallest absolute Gasteiger partial charge is 0.243 e. The van der Waals surface area contributed by atoms with Gasteiger partial charge in [-0.25, -0.2) is 15.4 Å². The third kappa shape index (κ3) is 6.70. The molecule has 1 amide bonds. The van der Waals surface area contributed by atoms with Crippen LogP contribution >= 0.6 is 11.6 Å². The van der Waals surface area contributed by atoms with Gasteiger partial charge in [-0.05, 0) is 36.6 Å². The molecule has 3 aromatic rings. The zero-order valence-electron chi connectivity index (χ0n) is 17.9. The van der Waals surface area contributed by atoms with Gasteiger partial charge in [0.1, 0.15) is 12.1 Å². The summed E-state index contributed by atoms with van der Waals surface area (Å²) in [6.45, 7) is 1.12. The summed E-state index contributed by atoms with van der Waals surface area (Å²) in [5.74, 6) is 1.59. The summed E-state index contributed by atoms with van der Waals surface area (Å²) in [5, 5.41) is 13.4. The monoisotopic (exact) mass is 458 g/mol. The quantitative estimate of drug-likeness (QED) is 0.204. The van der Waals surface area contributed by atoms with Gasteiger partial charge in [0.25, 0.3) is 0 Å². The number of halogens is 1. The van der Waals surface area contributed by atoms with Crippen LogP contribution in [0, 0.1) is 0 Å². The molecule has 0 saturated heterocycles. The number of fused-ring (bicyclic) bond motifs is 1. The lowest BCUT2D eigenvalue weighted by molar-refractivity contribution is -0.129. The first-order chi connectivity index (χ1) is 15.6. The standard InChI is InChI=1S/C23H27ClN4O4/c1-31-20-13-19-18(12-21(20)32-11-5-3-2-4-6-22(29)28-30)23(27-15-26-19)25-14-16-7-9-17(24)10-8-16/h7-10,12-13,15,30H,2-6,11,14H2,1H3,(H,28,29)(H,25,26,27). The predicted molar refractivity (Wildman–Crippen MR) is 123 cm³/mol. The van der Waals surface area contributed by atoms with E-state index in [1.807, 2.05) is 36.4 Å². The van der Waals surface area contributed by atoms with Crippen molar-refractivity contribution in [1.82, 2.24) is 15.4 Å². The van der Waals surface area contributed by atoms with E-state index in [1.165, 1.54) is 6.33 Å². The summed E-state index contributed by atoms with van der Waals surface area (Å²) in [5.41, 5.74) is 3.48. The minimum atomic E-state index is -0.357. The molecule has 0 atom stereocenters. The number of hydroxylamine groups is 1. The average Bonchev–Trinajstić information content (AvgIpc) is 2.82. The van der Waals surface area contributed by atoms with E-state index in [4.69, 9.17) is 26.3 Å². The molecule has 170 valence electrons. The normalized spacial score (nSPS) is 10.7. The second-order valence-electron chi connectivity index (χ2n) is 7.27. The van der Waals surface area contributed by atoms with E-state index in [-0.39, 0.29) is 5.91 Å². The summed E-state index contributed by atoms with van der Waals surface area (Å²) >= 11 is 5.96. The maximum atomic E-state index is 11.0. The van der Waals surface area contributed by atoms with Crippen LogP contribution in [0.3, 0.4) is 0 Å². The Morgan fingerprint density at radius 2 is 1.84 bits per heavy atom. The van der Waals surface area contributed by atoms with Crippen molar-refractivity contribution in [3.8, 4) is 11.5 Å². The number of rotatable bonds is 12. The second-order valence-corrected chi connectivity index (χ2v) is 7.71. The largest absolute Gasteiger partial charge is 0.493 e. The van der Waals surface area contributed by atoms with Crippen molar-refractivity contribution in [3.05, 3.63) is 53.3 Å². The topological polar surface area (TPSA) is 106 Å². The fourth-order valence-corrected chi connectivity index (χ4v) is 3.37. The van der Waals surface area contributed by atoms with Crippen molar-refractivity contribution in [3.63, 3.8) is 0 Å². The number of unbranched alkanes of at least 4 members (excludes halogenated alkanes) is 3. The van der Waals surface area contributed by atoms with Crippen molar-refractivity contribution < 1.29 is 19.5 Å². The molecule has 0 aliphatic heterocycles. The van der Waals surface area contributed by atoms with Crippen LogP contribution in [0.2, 0.25) is 5.02 Å². The van der Waals surface area contributed by atoms with Crippen LogP contribution in [0.1, 0.15) is 37.7 Å². The zero-order valence-corrected chi connectivity index (χ0v) is 18.7. The maximum Gasteiger partial charge on any atom is 0.243 e. The van der Waals surface area contributed by atoms with Crippen LogP contribution in [0.5, 0.6) is 11.5 Å². The predicted octanol–water partition coefficient (Wildman–Crippen LogP) is 4.74. The van der Waals surface area contributed by atoms with Crippen molar-refractivity contribution in [2.75, 3.05) is 19.0 Å². The Bertz CT molecular complexity index is 1030. The first kappa shape index (κ1) is 23.6. The Hall–Kier alpha value is -3.10. The van der Waals surface area contributed by atoms with Crippen LogP contribution in [0.25, 0.3) is 10.9 Å². The molecule has 3 rings (SSSR count). The van der Waals surface area contributed by atoms with Crippen LogP contribution in [-0.4, -0.2) is 34.8 Å². The van der Waals surface area contributed by atoms with Gasteiger partial charge in [-0.15, -0.1) is 0 Å². The average molecular weight is 459 g/mol. The van der Waals surface area contributed by atoms with Gasteiger partial charge in [-0.3, -0.25) is 10.0 Å². The Morgan fingerprint density at radius 1 is 1.06 bits per heavy atom. The number of methoxy groups -OCH3 is 1. The van der Waals surface area contributed by atoms with E-state index in [9.17, 15) is 4.79 Å². The molecule has 0 spiro atoms. The van der Waals surface area contributed by atoms with Crippen molar-refractivity contribution in [2.45, 2.75) is 38.6 Å². The van der Waals surface area contributed by atoms with Gasteiger partial charge in [0.05, 0.1) is 19.2 Å². The molecule has 9 heteroatoms. The van der Waals surface area contributed by atoms with Gasteiger partial charge in [0.15, 0.2) is 11.5 Å². The van der Waals surface area contributed by atoms with Crippen LogP contribution < -0.4 is 20.3 Å². The van der Waals surface area contributed by atoms with E-state index in [0.29, 0.717) is 41.9 Å². The Kier molecular flexibility index (Phi) is 8.89. The fraction of sp³-hybridized carbons (Fsp3) is 0.348. The number of hydrogen-bond donors (Lipinski definition) is 3. The number of nitrogens with zero attached hydrogens (tertiary/aromatic N) is 2. The fourth-order valence-electron chi connectivity index (χ4n) is 3.24. The molecule has 0 saturated carbocycles. The van der Waals surface area contributed by atoms with E-state index in [1.54, 1.807) is 12.6 Å². The van der Waals surface area contributed by atoms with Gasteiger partial charge in [0, 0.05) is 29.4 Å². The SMILES string of the molecule is COc1cc2ncnc(NCc3ccc(Cl)cc3)c2cc1OCCCCCCC(=O)NO. The minimum absolute atomic E-state index is 0.321. The molecule has 8 nitrogen and oxygen atoms in total. The summed E-state index contributed by atoms with van der Waals surface area (Å²) < 4.78 is 11.5. The molecule has 0 aliphatic rings. The highest BCUT2D eigenvalue weighted by atomic mass is 35.5. The van der Waals surface area contributed by atoms with Gasteiger partial charge < -0.3 is 14.8 Å². The Morgan fingerprint density at radius 3 is 2.59 bits per heavy atom. The van der Waals surface area contributed by atoms with Crippen molar-refractivity contribution >= 4 is 34.2 Å². The number of anilines is 1. The molecule has 0 bridgehead atoms. The molecule has 1 aromatic heterocycles. The number of amides is 1. The number of hydrogen-bond acceptors (Lipinski definition) is 7. The molecular formula is C23H27ClN4O4. The van der Waals surface area contributed by atoms with E-state index < -0.39 is 0 Å². The lowest BCUT2D eigenvalue weighted by Crippen LogP contribution is -2.17. The molecule has 3 N–H and O–H groups in total. The van der Waals surface area contributed by atoms with E-state index >= 15 is 0 Å². The highest BCUT2D eigenvalue weighted by Gasteiger charge is 2.12. The first-order valence-corrected chi connectivity index (χ1v) is 10.9. The lowest BCUT2D eigenvalue weighted by atomic mass is 10.1. The molecule has 0 fully saturated rings. The van der Waals surface area contributed by atoms with Crippen molar-refractivity contribution in [1.29, 1.82) is 0 Å². The van der Waals surface area contributed by atoms with Gasteiger partial charge >= 0.3 is 0 Å². The number of carbonyl (C=O) groups excluding carboxylic acids is 1. The molecule has 32 heavy (non-hydrogen) atoms.